The van der Waals surface area contributed by atoms with Gasteiger partial charge in [-0.25, -0.2) is 4.79 Å². The van der Waals surface area contributed by atoms with Gasteiger partial charge in [0.05, 0.1) is 0 Å². The summed E-state index contributed by atoms with van der Waals surface area (Å²) in [6.45, 7) is 6.79. The van der Waals surface area contributed by atoms with Gasteiger partial charge in [0.2, 0.25) is 0 Å². The van der Waals surface area contributed by atoms with Crippen LogP contribution in [0.2, 0.25) is 0 Å². The Morgan fingerprint density at radius 3 is 2.64 bits per heavy atom. The first kappa shape index (κ1) is 11.2. The van der Waals surface area contributed by atoms with E-state index in [1.807, 2.05) is 11.4 Å². The van der Waals surface area contributed by atoms with Gasteiger partial charge in [-0.1, -0.05) is 13.8 Å². The molecule has 0 saturated carbocycles. The minimum absolute atomic E-state index is 0.469. The Labute approximate surface area is 88.0 Å². The van der Waals surface area contributed by atoms with E-state index in [0.29, 0.717) is 4.88 Å². The van der Waals surface area contributed by atoms with Crippen LogP contribution in [-0.4, -0.2) is 29.1 Å². The van der Waals surface area contributed by atoms with Crippen LogP contribution in [0.5, 0.6) is 0 Å². The maximum Gasteiger partial charge on any atom is 0.346 e. The first-order valence-corrected chi connectivity index (χ1v) is 5.59. The van der Waals surface area contributed by atoms with Gasteiger partial charge in [-0.15, -0.1) is 11.3 Å². The summed E-state index contributed by atoms with van der Waals surface area (Å²) in [5.74, 6) is -0.817. The lowest BCUT2D eigenvalue weighted by molar-refractivity contribution is 0.0700. The van der Waals surface area contributed by atoms with E-state index in [2.05, 4.69) is 18.7 Å². The Hall–Kier alpha value is -0.870. The second-order valence-corrected chi connectivity index (χ2v) is 3.96. The van der Waals surface area contributed by atoms with E-state index < -0.39 is 5.97 Å². The summed E-state index contributed by atoms with van der Waals surface area (Å²) < 4.78 is 0. The van der Waals surface area contributed by atoms with Crippen molar-refractivity contribution in [1.29, 1.82) is 0 Å². The minimum Gasteiger partial charge on any atom is -0.477 e. The molecule has 1 heterocycles. The zero-order chi connectivity index (χ0) is 10.6. The van der Waals surface area contributed by atoms with E-state index in [4.69, 9.17) is 5.11 Å². The highest BCUT2D eigenvalue weighted by atomic mass is 32.1. The van der Waals surface area contributed by atoms with Crippen LogP contribution in [0.1, 0.15) is 29.1 Å². The molecular weight excluding hydrogens is 198 g/mol. The van der Waals surface area contributed by atoms with Crippen molar-refractivity contribution in [3.05, 3.63) is 21.9 Å². The van der Waals surface area contributed by atoms with Gasteiger partial charge in [0.1, 0.15) is 4.88 Å². The third-order valence-corrected chi connectivity index (χ3v) is 3.17. The summed E-state index contributed by atoms with van der Waals surface area (Å²) in [5.41, 5.74) is 0.922. The molecule has 1 rings (SSSR count). The average molecular weight is 213 g/mol. The van der Waals surface area contributed by atoms with Crippen LogP contribution in [0, 0.1) is 0 Å². The molecule has 78 valence electrons. The summed E-state index contributed by atoms with van der Waals surface area (Å²) in [4.78, 5) is 13.5. The van der Waals surface area contributed by atoms with E-state index in [-0.39, 0.29) is 0 Å². The van der Waals surface area contributed by atoms with Crippen LogP contribution in [0.4, 0.5) is 0 Å². The van der Waals surface area contributed by atoms with Crippen molar-refractivity contribution in [1.82, 2.24) is 4.90 Å². The molecule has 0 aliphatic rings. The summed E-state index contributed by atoms with van der Waals surface area (Å²) in [6.07, 6.45) is 0. The number of hydrogen-bond donors (Lipinski definition) is 1. The molecule has 0 aliphatic heterocycles. The largest absolute Gasteiger partial charge is 0.477 e. The van der Waals surface area contributed by atoms with Gasteiger partial charge in [-0.3, -0.25) is 4.90 Å². The van der Waals surface area contributed by atoms with Gasteiger partial charge in [0.25, 0.3) is 0 Å². The molecule has 0 fully saturated rings. The monoisotopic (exact) mass is 213 g/mol. The van der Waals surface area contributed by atoms with E-state index in [1.165, 1.54) is 11.3 Å². The van der Waals surface area contributed by atoms with E-state index in [0.717, 1.165) is 25.2 Å². The fourth-order valence-electron chi connectivity index (χ4n) is 1.34. The van der Waals surface area contributed by atoms with E-state index >= 15 is 0 Å². The number of nitrogens with zero attached hydrogens (tertiary/aromatic N) is 1. The molecule has 0 unspecified atom stereocenters. The summed E-state index contributed by atoms with van der Waals surface area (Å²) >= 11 is 1.29. The van der Waals surface area contributed by atoms with Crippen molar-refractivity contribution in [3.8, 4) is 0 Å². The van der Waals surface area contributed by atoms with Gasteiger partial charge in [0, 0.05) is 6.54 Å². The lowest BCUT2D eigenvalue weighted by Gasteiger charge is -2.17. The predicted octanol–water partition coefficient (Wildman–Crippen LogP) is 2.29. The van der Waals surface area contributed by atoms with Crippen LogP contribution in [0.25, 0.3) is 0 Å². The molecule has 0 spiro atoms. The molecule has 1 N–H and O–H groups in total. The van der Waals surface area contributed by atoms with Crippen molar-refractivity contribution in [2.75, 3.05) is 13.1 Å². The van der Waals surface area contributed by atoms with Gasteiger partial charge in [-0.05, 0) is 30.1 Å². The van der Waals surface area contributed by atoms with Crippen LogP contribution in [0.15, 0.2) is 11.4 Å². The zero-order valence-electron chi connectivity index (χ0n) is 8.49. The number of carboxylic acid groups (broad SMARTS) is 1. The standard InChI is InChI=1S/C10H15NO2S/c1-3-11(4-2)7-8-5-6-14-9(8)10(12)13/h5-6H,3-4,7H2,1-2H3,(H,12,13). The highest BCUT2D eigenvalue weighted by Crippen LogP contribution is 2.18. The molecule has 0 bridgehead atoms. The van der Waals surface area contributed by atoms with Crippen molar-refractivity contribution in [2.24, 2.45) is 0 Å². The number of thiophene rings is 1. The molecule has 14 heavy (non-hydrogen) atoms. The maximum absolute atomic E-state index is 10.8. The van der Waals surface area contributed by atoms with Crippen molar-refractivity contribution in [3.63, 3.8) is 0 Å². The average Bonchev–Trinajstić information content (AvgIpc) is 2.62. The van der Waals surface area contributed by atoms with Crippen molar-refractivity contribution >= 4 is 17.3 Å². The second kappa shape index (κ2) is 5.12. The number of hydrogen-bond acceptors (Lipinski definition) is 3. The highest BCUT2D eigenvalue weighted by Gasteiger charge is 2.12. The summed E-state index contributed by atoms with van der Waals surface area (Å²) in [6, 6.07) is 1.90. The second-order valence-electron chi connectivity index (χ2n) is 3.04. The maximum atomic E-state index is 10.8. The van der Waals surface area contributed by atoms with Crippen LogP contribution >= 0.6 is 11.3 Å². The Morgan fingerprint density at radius 1 is 1.50 bits per heavy atom. The highest BCUT2D eigenvalue weighted by molar-refractivity contribution is 7.12. The molecule has 0 aromatic carbocycles. The van der Waals surface area contributed by atoms with Crippen LogP contribution in [-0.2, 0) is 6.54 Å². The lowest BCUT2D eigenvalue weighted by atomic mass is 10.2. The van der Waals surface area contributed by atoms with Gasteiger partial charge in [0.15, 0.2) is 0 Å². The summed E-state index contributed by atoms with van der Waals surface area (Å²) in [5, 5.41) is 10.7. The molecule has 0 radical (unpaired) electrons. The Balaban J connectivity index is 2.75. The first-order chi connectivity index (χ1) is 6.69. The SMILES string of the molecule is CCN(CC)Cc1ccsc1C(=O)O. The van der Waals surface area contributed by atoms with Gasteiger partial charge >= 0.3 is 5.97 Å². The lowest BCUT2D eigenvalue weighted by Crippen LogP contribution is -2.22. The van der Waals surface area contributed by atoms with E-state index in [1.54, 1.807) is 0 Å². The Bertz CT molecular complexity index is 305. The Morgan fingerprint density at radius 2 is 2.14 bits per heavy atom. The van der Waals surface area contributed by atoms with Crippen LogP contribution < -0.4 is 0 Å². The van der Waals surface area contributed by atoms with Crippen molar-refractivity contribution < 1.29 is 9.90 Å². The third kappa shape index (κ3) is 2.56. The topological polar surface area (TPSA) is 40.5 Å². The van der Waals surface area contributed by atoms with Crippen molar-refractivity contribution in [2.45, 2.75) is 20.4 Å². The molecule has 3 nitrogen and oxygen atoms in total. The number of aromatic carboxylic acids is 1. The van der Waals surface area contributed by atoms with Gasteiger partial charge < -0.3 is 5.11 Å². The molecule has 0 atom stereocenters. The quantitative estimate of drug-likeness (QED) is 0.815. The molecule has 0 aliphatic carbocycles. The summed E-state index contributed by atoms with van der Waals surface area (Å²) in [7, 11) is 0. The van der Waals surface area contributed by atoms with Gasteiger partial charge in [-0.2, -0.15) is 0 Å². The molecule has 0 amide bonds. The molecule has 1 aromatic rings. The molecule has 0 saturated heterocycles. The Kier molecular flexibility index (Phi) is 4.10. The first-order valence-electron chi connectivity index (χ1n) is 4.71. The normalized spacial score (nSPS) is 10.8. The smallest absolute Gasteiger partial charge is 0.346 e. The number of carboxylic acids is 1. The predicted molar refractivity (Wildman–Crippen MR) is 57.9 cm³/mol. The third-order valence-electron chi connectivity index (χ3n) is 2.23. The molecule has 1 aromatic heterocycles. The minimum atomic E-state index is -0.817. The fraction of sp³-hybridized carbons (Fsp3) is 0.500. The van der Waals surface area contributed by atoms with Crippen LogP contribution in [0.3, 0.4) is 0 Å². The number of rotatable bonds is 5. The molecular formula is C10H15NO2S. The zero-order valence-corrected chi connectivity index (χ0v) is 9.30. The number of carbonyl (C=O) groups is 1. The fourth-order valence-corrected chi connectivity index (χ4v) is 2.09. The molecule has 4 heteroatoms. The van der Waals surface area contributed by atoms with E-state index in [9.17, 15) is 4.79 Å².